The number of nitrogens with zero attached hydrogens (tertiary/aromatic N) is 3. The smallest absolute Gasteiger partial charge is 0.267 e. The molecule has 0 aliphatic heterocycles. The molecule has 8 heteroatoms. The average molecular weight is 420 g/mol. The first-order valence-corrected chi connectivity index (χ1v) is 9.93. The number of benzene rings is 2. The van der Waals surface area contributed by atoms with Crippen LogP contribution in [0.1, 0.15) is 25.9 Å². The molecule has 0 aliphatic carbocycles. The lowest BCUT2D eigenvalue weighted by Crippen LogP contribution is -2.12. The van der Waals surface area contributed by atoms with Gasteiger partial charge in [-0.1, -0.05) is 24.3 Å². The van der Waals surface area contributed by atoms with E-state index >= 15 is 0 Å². The Morgan fingerprint density at radius 1 is 1.13 bits per heavy atom. The molecule has 0 fully saturated rings. The standard InChI is InChI=1S/C22H17FN4O2S/c1-13-20(30-19(26-13)9-14-5-7-16(23)8-6-14)22(29)27-17-11-24-21(25-12-17)15-3-2-4-18(28)10-15/h2-8,10-12,28H,9H2,1H3,(H,27,29). The molecule has 150 valence electrons. The largest absolute Gasteiger partial charge is 0.508 e. The molecule has 2 N–H and O–H groups in total. The van der Waals surface area contributed by atoms with Gasteiger partial charge in [-0.3, -0.25) is 4.79 Å². The van der Waals surface area contributed by atoms with E-state index in [1.54, 1.807) is 43.3 Å². The van der Waals surface area contributed by atoms with Crippen LogP contribution in [0.25, 0.3) is 11.4 Å². The Kier molecular flexibility index (Phi) is 5.49. The molecule has 2 heterocycles. The van der Waals surface area contributed by atoms with Gasteiger partial charge in [0.2, 0.25) is 0 Å². The Balaban J connectivity index is 1.46. The van der Waals surface area contributed by atoms with Crippen molar-refractivity contribution in [3.8, 4) is 17.1 Å². The molecule has 30 heavy (non-hydrogen) atoms. The van der Waals surface area contributed by atoms with E-state index in [1.807, 2.05) is 0 Å². The van der Waals surface area contributed by atoms with Gasteiger partial charge < -0.3 is 10.4 Å². The monoisotopic (exact) mass is 420 g/mol. The van der Waals surface area contributed by atoms with E-state index in [-0.39, 0.29) is 17.5 Å². The van der Waals surface area contributed by atoms with E-state index in [0.29, 0.717) is 34.1 Å². The van der Waals surface area contributed by atoms with Gasteiger partial charge in [0.05, 0.1) is 28.8 Å². The molecule has 2 aromatic heterocycles. The van der Waals surface area contributed by atoms with Crippen LogP contribution in [0.2, 0.25) is 0 Å². The molecule has 0 saturated carbocycles. The lowest BCUT2D eigenvalue weighted by Gasteiger charge is -2.05. The summed E-state index contributed by atoms with van der Waals surface area (Å²) >= 11 is 1.30. The lowest BCUT2D eigenvalue weighted by atomic mass is 10.1. The number of aromatic nitrogens is 3. The molecular formula is C22H17FN4O2S. The van der Waals surface area contributed by atoms with Gasteiger partial charge in [0.15, 0.2) is 5.82 Å². The van der Waals surface area contributed by atoms with E-state index in [4.69, 9.17) is 0 Å². The van der Waals surface area contributed by atoms with Gasteiger partial charge in [0.25, 0.3) is 5.91 Å². The minimum atomic E-state index is -0.288. The van der Waals surface area contributed by atoms with Gasteiger partial charge in [-0.05, 0) is 36.8 Å². The highest BCUT2D eigenvalue weighted by molar-refractivity contribution is 7.14. The van der Waals surface area contributed by atoms with Gasteiger partial charge >= 0.3 is 0 Å². The van der Waals surface area contributed by atoms with Gasteiger partial charge in [-0.25, -0.2) is 19.3 Å². The summed E-state index contributed by atoms with van der Waals surface area (Å²) in [6.45, 7) is 1.78. The second-order valence-corrected chi connectivity index (χ2v) is 7.71. The Labute approximate surface area is 176 Å². The van der Waals surface area contributed by atoms with E-state index in [0.717, 1.165) is 10.6 Å². The summed E-state index contributed by atoms with van der Waals surface area (Å²) in [6.07, 6.45) is 3.56. The number of rotatable bonds is 5. The molecule has 2 aromatic carbocycles. The Morgan fingerprint density at radius 2 is 1.87 bits per heavy atom. The van der Waals surface area contributed by atoms with E-state index < -0.39 is 0 Å². The van der Waals surface area contributed by atoms with E-state index in [9.17, 15) is 14.3 Å². The number of carbonyl (C=O) groups is 1. The van der Waals surface area contributed by atoms with Gasteiger partial charge in [0, 0.05) is 12.0 Å². The number of anilines is 1. The predicted molar refractivity (Wildman–Crippen MR) is 113 cm³/mol. The van der Waals surface area contributed by atoms with Gasteiger partial charge in [-0.15, -0.1) is 11.3 Å². The van der Waals surface area contributed by atoms with Crippen LogP contribution in [-0.2, 0) is 6.42 Å². The third kappa shape index (κ3) is 4.49. The number of halogens is 1. The second kappa shape index (κ2) is 8.38. The first-order valence-electron chi connectivity index (χ1n) is 9.11. The van der Waals surface area contributed by atoms with Crippen molar-refractivity contribution in [1.29, 1.82) is 0 Å². The third-order valence-electron chi connectivity index (χ3n) is 4.33. The number of nitrogens with one attached hydrogen (secondary N) is 1. The zero-order valence-corrected chi connectivity index (χ0v) is 16.8. The van der Waals surface area contributed by atoms with E-state index in [1.165, 1.54) is 35.9 Å². The first kappa shape index (κ1) is 19.7. The van der Waals surface area contributed by atoms with Crippen molar-refractivity contribution in [3.05, 3.63) is 87.9 Å². The number of hydrogen-bond donors (Lipinski definition) is 2. The maximum absolute atomic E-state index is 13.1. The highest BCUT2D eigenvalue weighted by Crippen LogP contribution is 2.23. The van der Waals surface area contributed by atoms with Crippen molar-refractivity contribution in [2.24, 2.45) is 0 Å². The van der Waals surface area contributed by atoms with Crippen molar-refractivity contribution in [2.45, 2.75) is 13.3 Å². The zero-order valence-electron chi connectivity index (χ0n) is 16.0. The Bertz CT molecular complexity index is 1190. The normalized spacial score (nSPS) is 10.7. The molecule has 4 aromatic rings. The van der Waals surface area contributed by atoms with Crippen LogP contribution in [0.3, 0.4) is 0 Å². The first-order chi connectivity index (χ1) is 14.5. The number of aromatic hydroxyl groups is 1. The number of amides is 1. The van der Waals surface area contributed by atoms with Crippen LogP contribution in [0.15, 0.2) is 60.9 Å². The predicted octanol–water partition coefficient (Wildman–Crippen LogP) is 4.60. The van der Waals surface area contributed by atoms with E-state index in [2.05, 4.69) is 20.3 Å². The summed E-state index contributed by atoms with van der Waals surface area (Å²) in [5.41, 5.74) is 2.69. The van der Waals surface area contributed by atoms with Crippen LogP contribution in [0.5, 0.6) is 5.75 Å². The van der Waals surface area contributed by atoms with Crippen LogP contribution >= 0.6 is 11.3 Å². The summed E-state index contributed by atoms with van der Waals surface area (Å²) in [7, 11) is 0. The zero-order chi connectivity index (χ0) is 21.1. The number of thiazole rings is 1. The molecule has 0 radical (unpaired) electrons. The summed E-state index contributed by atoms with van der Waals surface area (Å²) in [5, 5.41) is 13.1. The minimum Gasteiger partial charge on any atom is -0.508 e. The fourth-order valence-corrected chi connectivity index (χ4v) is 3.88. The molecule has 1 amide bonds. The Hall–Kier alpha value is -3.65. The third-order valence-corrected chi connectivity index (χ3v) is 5.49. The summed E-state index contributed by atoms with van der Waals surface area (Å²) in [6, 6.07) is 12.9. The fraction of sp³-hybridized carbons (Fsp3) is 0.0909. The number of carbonyl (C=O) groups excluding carboxylic acids is 1. The molecule has 0 bridgehead atoms. The summed E-state index contributed by atoms with van der Waals surface area (Å²) in [4.78, 5) is 26.1. The van der Waals surface area contributed by atoms with Crippen LogP contribution in [0.4, 0.5) is 10.1 Å². The quantitative estimate of drug-likeness (QED) is 0.493. The summed E-state index contributed by atoms with van der Waals surface area (Å²) < 4.78 is 13.1. The van der Waals surface area contributed by atoms with Crippen molar-refractivity contribution >= 4 is 22.9 Å². The highest BCUT2D eigenvalue weighted by Gasteiger charge is 2.16. The van der Waals surface area contributed by atoms with Crippen LogP contribution in [-0.4, -0.2) is 26.0 Å². The van der Waals surface area contributed by atoms with Crippen molar-refractivity contribution in [2.75, 3.05) is 5.32 Å². The maximum Gasteiger partial charge on any atom is 0.267 e. The van der Waals surface area contributed by atoms with Crippen molar-refractivity contribution in [1.82, 2.24) is 15.0 Å². The minimum absolute atomic E-state index is 0.130. The van der Waals surface area contributed by atoms with Crippen molar-refractivity contribution < 1.29 is 14.3 Å². The SMILES string of the molecule is Cc1nc(Cc2ccc(F)cc2)sc1C(=O)Nc1cnc(-c2cccc(O)c2)nc1. The number of hydrogen-bond acceptors (Lipinski definition) is 6. The molecule has 6 nitrogen and oxygen atoms in total. The number of phenols is 1. The lowest BCUT2D eigenvalue weighted by molar-refractivity contribution is 0.102. The highest BCUT2D eigenvalue weighted by atomic mass is 32.1. The number of phenolic OH excluding ortho intramolecular Hbond substituents is 1. The molecule has 0 unspecified atom stereocenters. The average Bonchev–Trinajstić information content (AvgIpc) is 3.10. The topological polar surface area (TPSA) is 88.0 Å². The summed E-state index contributed by atoms with van der Waals surface area (Å²) in [5.74, 6) is 0.000506. The fourth-order valence-electron chi connectivity index (χ4n) is 2.89. The molecule has 0 aliphatic rings. The van der Waals surface area contributed by atoms with Crippen LogP contribution < -0.4 is 5.32 Å². The molecular weight excluding hydrogens is 403 g/mol. The van der Waals surface area contributed by atoms with Gasteiger partial charge in [0.1, 0.15) is 16.4 Å². The van der Waals surface area contributed by atoms with Gasteiger partial charge in [-0.2, -0.15) is 0 Å². The molecule has 4 rings (SSSR count). The molecule has 0 spiro atoms. The molecule has 0 atom stereocenters. The van der Waals surface area contributed by atoms with Crippen LogP contribution in [0, 0.1) is 12.7 Å². The van der Waals surface area contributed by atoms with Crippen molar-refractivity contribution in [3.63, 3.8) is 0 Å². The second-order valence-electron chi connectivity index (χ2n) is 6.63. The number of aryl methyl sites for hydroxylation is 1. The maximum atomic E-state index is 13.1. The Morgan fingerprint density at radius 3 is 2.57 bits per heavy atom. The molecule has 0 saturated heterocycles.